The fourth-order valence-corrected chi connectivity index (χ4v) is 2.88. The Morgan fingerprint density at radius 2 is 1.89 bits per heavy atom. The van der Waals surface area contributed by atoms with E-state index in [-0.39, 0.29) is 17.6 Å². The molecule has 0 aromatic heterocycles. The van der Waals surface area contributed by atoms with E-state index in [1.165, 1.54) is 0 Å². The Morgan fingerprint density at radius 3 is 2.33 bits per heavy atom. The first-order valence-corrected chi connectivity index (χ1v) is 6.68. The Morgan fingerprint density at radius 1 is 1.33 bits per heavy atom. The van der Waals surface area contributed by atoms with Gasteiger partial charge in [0.1, 0.15) is 5.60 Å². The van der Waals surface area contributed by atoms with E-state index < -0.39 is 5.60 Å². The van der Waals surface area contributed by atoms with Crippen LogP contribution in [0.2, 0.25) is 0 Å². The van der Waals surface area contributed by atoms with Crippen molar-refractivity contribution in [2.75, 3.05) is 13.1 Å². The second-order valence-electron chi connectivity index (χ2n) is 6.70. The second kappa shape index (κ2) is 4.46. The predicted molar refractivity (Wildman–Crippen MR) is 69.1 cm³/mol. The van der Waals surface area contributed by atoms with Gasteiger partial charge in [0.2, 0.25) is 6.04 Å². The average Bonchev–Trinajstić information content (AvgIpc) is 2.23. The number of likely N-dealkylation sites (tertiary alicyclic amines) is 1. The standard InChI is InChI=1S/C14H22N2O2/c1-13(2,3)18-12(17)16-9-14(10-16)7-5-11(15-4)6-8-14/h11H,5-10H2,1-3H3. The maximum Gasteiger partial charge on any atom is 0.410 e. The summed E-state index contributed by atoms with van der Waals surface area (Å²) in [7, 11) is 0. The summed E-state index contributed by atoms with van der Waals surface area (Å²) < 4.78 is 5.36. The van der Waals surface area contributed by atoms with Gasteiger partial charge in [0.15, 0.2) is 0 Å². The summed E-state index contributed by atoms with van der Waals surface area (Å²) in [6.45, 7) is 14.3. The molecular weight excluding hydrogens is 228 g/mol. The molecule has 1 aliphatic carbocycles. The zero-order valence-electron chi connectivity index (χ0n) is 11.5. The first kappa shape index (κ1) is 13.2. The van der Waals surface area contributed by atoms with Gasteiger partial charge in [0.25, 0.3) is 0 Å². The van der Waals surface area contributed by atoms with Gasteiger partial charge in [-0.05, 0) is 33.6 Å². The van der Waals surface area contributed by atoms with Crippen molar-refractivity contribution in [3.05, 3.63) is 11.4 Å². The van der Waals surface area contributed by atoms with Crippen LogP contribution in [-0.2, 0) is 4.74 Å². The molecule has 1 spiro atoms. The highest BCUT2D eigenvalue weighted by Crippen LogP contribution is 2.44. The molecule has 0 bridgehead atoms. The third kappa shape index (κ3) is 2.77. The van der Waals surface area contributed by atoms with E-state index in [0.717, 1.165) is 38.8 Å². The summed E-state index contributed by atoms with van der Waals surface area (Å²) in [5.41, 5.74) is -0.125. The number of ether oxygens (including phenoxy) is 1. The zero-order valence-corrected chi connectivity index (χ0v) is 11.5. The number of rotatable bonds is 0. The van der Waals surface area contributed by atoms with Crippen LogP contribution in [0, 0.1) is 12.0 Å². The summed E-state index contributed by atoms with van der Waals surface area (Å²) in [4.78, 5) is 17.3. The maximum atomic E-state index is 11.8. The van der Waals surface area contributed by atoms with Crippen molar-refractivity contribution in [3.8, 4) is 0 Å². The van der Waals surface area contributed by atoms with Crippen LogP contribution in [0.4, 0.5) is 4.79 Å². The van der Waals surface area contributed by atoms with Gasteiger partial charge in [-0.1, -0.05) is 0 Å². The van der Waals surface area contributed by atoms with Gasteiger partial charge >= 0.3 is 6.09 Å². The van der Waals surface area contributed by atoms with Crippen molar-refractivity contribution in [2.45, 2.75) is 58.1 Å². The highest BCUT2D eigenvalue weighted by Gasteiger charge is 2.48. The van der Waals surface area contributed by atoms with Gasteiger partial charge in [-0.15, -0.1) is 0 Å². The van der Waals surface area contributed by atoms with Gasteiger partial charge in [0.05, 0.1) is 0 Å². The molecule has 0 unspecified atom stereocenters. The van der Waals surface area contributed by atoms with Gasteiger partial charge in [-0.3, -0.25) is 0 Å². The largest absolute Gasteiger partial charge is 0.444 e. The molecule has 0 N–H and O–H groups in total. The minimum Gasteiger partial charge on any atom is -0.444 e. The normalized spacial score (nSPS) is 23.3. The lowest BCUT2D eigenvalue weighted by molar-refractivity contribution is -0.0491. The molecule has 0 aromatic carbocycles. The molecular formula is C14H22N2O2. The third-order valence-electron chi connectivity index (χ3n) is 3.90. The Bertz CT molecular complexity index is 362. The van der Waals surface area contributed by atoms with Crippen LogP contribution in [0.1, 0.15) is 46.5 Å². The van der Waals surface area contributed by atoms with Crippen molar-refractivity contribution in [1.29, 1.82) is 0 Å². The molecule has 1 amide bonds. The third-order valence-corrected chi connectivity index (χ3v) is 3.90. The first-order valence-electron chi connectivity index (χ1n) is 6.68. The van der Waals surface area contributed by atoms with Crippen LogP contribution < -0.4 is 0 Å². The predicted octanol–water partition coefficient (Wildman–Crippen LogP) is 3.09. The molecule has 2 rings (SSSR count). The summed E-state index contributed by atoms with van der Waals surface area (Å²) in [5, 5.41) is 0. The lowest BCUT2D eigenvalue weighted by Crippen LogP contribution is -2.60. The molecule has 1 heterocycles. The van der Waals surface area contributed by atoms with E-state index in [2.05, 4.69) is 4.85 Å². The molecule has 4 nitrogen and oxygen atoms in total. The zero-order chi connectivity index (χ0) is 13.4. The van der Waals surface area contributed by atoms with Gasteiger partial charge in [-0.2, -0.15) is 0 Å². The van der Waals surface area contributed by atoms with Crippen LogP contribution in [0.3, 0.4) is 0 Å². The topological polar surface area (TPSA) is 33.9 Å². The maximum absolute atomic E-state index is 11.8. The van der Waals surface area contributed by atoms with Gasteiger partial charge in [0, 0.05) is 31.3 Å². The fourth-order valence-electron chi connectivity index (χ4n) is 2.88. The highest BCUT2D eigenvalue weighted by molar-refractivity contribution is 5.69. The van der Waals surface area contributed by atoms with Gasteiger partial charge in [-0.25, -0.2) is 11.4 Å². The van der Waals surface area contributed by atoms with Crippen LogP contribution in [0.15, 0.2) is 0 Å². The Hall–Kier alpha value is -1.24. The molecule has 2 aliphatic rings. The van der Waals surface area contributed by atoms with Crippen molar-refractivity contribution in [3.63, 3.8) is 0 Å². The molecule has 100 valence electrons. The Balaban J connectivity index is 1.80. The van der Waals surface area contributed by atoms with Crippen molar-refractivity contribution >= 4 is 6.09 Å². The summed E-state index contributed by atoms with van der Waals surface area (Å²) in [6, 6.07) is 0.214. The van der Waals surface area contributed by atoms with E-state index in [4.69, 9.17) is 11.3 Å². The SMILES string of the molecule is [C-]#[N+]C1CCC2(CC1)CN(C(=O)OC(C)(C)C)C2. The second-order valence-corrected chi connectivity index (χ2v) is 6.70. The molecule has 2 fully saturated rings. The molecule has 18 heavy (non-hydrogen) atoms. The molecule has 0 atom stereocenters. The number of carbonyl (C=O) groups is 1. The lowest BCUT2D eigenvalue weighted by atomic mass is 9.67. The Kier molecular flexibility index (Phi) is 3.27. The lowest BCUT2D eigenvalue weighted by Gasteiger charge is -2.51. The van der Waals surface area contributed by atoms with E-state index in [9.17, 15) is 4.79 Å². The highest BCUT2D eigenvalue weighted by atomic mass is 16.6. The van der Waals surface area contributed by atoms with Crippen LogP contribution in [-0.4, -0.2) is 35.7 Å². The van der Waals surface area contributed by atoms with E-state index >= 15 is 0 Å². The average molecular weight is 250 g/mol. The first-order chi connectivity index (χ1) is 8.34. The molecule has 0 aromatic rings. The molecule has 4 heteroatoms. The number of hydrogen-bond donors (Lipinski definition) is 0. The number of amides is 1. The summed E-state index contributed by atoms with van der Waals surface area (Å²) in [6.07, 6.45) is 3.95. The van der Waals surface area contributed by atoms with Crippen molar-refractivity contribution < 1.29 is 9.53 Å². The van der Waals surface area contributed by atoms with Crippen molar-refractivity contribution in [1.82, 2.24) is 4.90 Å². The van der Waals surface area contributed by atoms with Crippen LogP contribution in [0.25, 0.3) is 4.85 Å². The summed E-state index contributed by atoms with van der Waals surface area (Å²) in [5.74, 6) is 0. The minimum absolute atomic E-state index is 0.194. The fraction of sp³-hybridized carbons (Fsp3) is 0.857. The summed E-state index contributed by atoms with van der Waals surface area (Å²) >= 11 is 0. The van der Waals surface area contributed by atoms with Crippen LogP contribution >= 0.6 is 0 Å². The molecule has 1 saturated carbocycles. The molecule has 1 aliphatic heterocycles. The number of hydrogen-bond acceptors (Lipinski definition) is 2. The van der Waals surface area contributed by atoms with E-state index in [1.54, 1.807) is 4.90 Å². The quantitative estimate of drug-likeness (QED) is 0.619. The molecule has 1 saturated heterocycles. The van der Waals surface area contributed by atoms with Crippen LogP contribution in [0.5, 0.6) is 0 Å². The van der Waals surface area contributed by atoms with E-state index in [1.807, 2.05) is 20.8 Å². The molecule has 0 radical (unpaired) electrons. The van der Waals surface area contributed by atoms with Gasteiger partial charge < -0.3 is 14.5 Å². The smallest absolute Gasteiger partial charge is 0.410 e. The van der Waals surface area contributed by atoms with E-state index in [0.29, 0.717) is 0 Å². The minimum atomic E-state index is -0.415. The Labute approximate surface area is 109 Å². The number of carbonyl (C=O) groups excluding carboxylic acids is 1. The van der Waals surface area contributed by atoms with Crippen molar-refractivity contribution in [2.24, 2.45) is 5.41 Å². The number of nitrogens with zero attached hydrogens (tertiary/aromatic N) is 2. The monoisotopic (exact) mass is 250 g/mol.